The van der Waals surface area contributed by atoms with Crippen molar-refractivity contribution in [1.29, 1.82) is 0 Å². The Labute approximate surface area is 126 Å². The van der Waals surface area contributed by atoms with Crippen molar-refractivity contribution in [3.05, 3.63) is 16.1 Å². The standard InChI is InChI=1S/C10H15N5O2S3/c1-7-5-19-8(13-7)6-18-4-3-12-10-9(11-2)14-20(16,17)15-10/h5H,3-4,6H2,1-2H3,(H,11,14)(H,12,15). The van der Waals surface area contributed by atoms with Crippen LogP contribution in [0.4, 0.5) is 0 Å². The molecule has 110 valence electrons. The molecule has 10 heteroatoms. The highest BCUT2D eigenvalue weighted by Crippen LogP contribution is 2.16. The van der Waals surface area contributed by atoms with Crippen LogP contribution in [0.1, 0.15) is 10.7 Å². The summed E-state index contributed by atoms with van der Waals surface area (Å²) in [7, 11) is -2.10. The van der Waals surface area contributed by atoms with Crippen LogP contribution in [0.5, 0.6) is 0 Å². The molecule has 0 aromatic carbocycles. The number of hydrogen-bond acceptors (Lipinski definition) is 7. The number of rotatable bonds is 5. The minimum atomic E-state index is -3.70. The minimum Gasteiger partial charge on any atom is -0.369 e. The summed E-state index contributed by atoms with van der Waals surface area (Å²) >= 11 is 3.38. The van der Waals surface area contributed by atoms with Crippen molar-refractivity contribution in [3.63, 3.8) is 0 Å². The summed E-state index contributed by atoms with van der Waals surface area (Å²) < 4.78 is 29.4. The first-order chi connectivity index (χ1) is 9.50. The van der Waals surface area contributed by atoms with Crippen molar-refractivity contribution in [2.45, 2.75) is 12.7 Å². The number of amidine groups is 2. The van der Waals surface area contributed by atoms with E-state index in [2.05, 4.69) is 24.4 Å². The highest BCUT2D eigenvalue weighted by molar-refractivity contribution is 7.98. The third kappa shape index (κ3) is 4.18. The molecule has 0 saturated heterocycles. The van der Waals surface area contributed by atoms with Gasteiger partial charge in [-0.1, -0.05) is 0 Å². The summed E-state index contributed by atoms with van der Waals surface area (Å²) in [6.45, 7) is 2.59. The quantitative estimate of drug-likeness (QED) is 0.764. The lowest BCUT2D eigenvalue weighted by Gasteiger charge is -2.06. The van der Waals surface area contributed by atoms with Crippen LogP contribution in [0, 0.1) is 6.92 Å². The van der Waals surface area contributed by atoms with E-state index in [0.717, 1.165) is 22.2 Å². The van der Waals surface area contributed by atoms with E-state index in [1.807, 2.05) is 12.3 Å². The van der Waals surface area contributed by atoms with Gasteiger partial charge in [0.05, 0.1) is 0 Å². The fraction of sp³-hybridized carbons (Fsp3) is 0.500. The summed E-state index contributed by atoms with van der Waals surface area (Å²) in [5.41, 5.74) is 1.05. The number of aryl methyl sites for hydroxylation is 1. The van der Waals surface area contributed by atoms with Gasteiger partial charge in [0, 0.05) is 36.2 Å². The van der Waals surface area contributed by atoms with Crippen LogP contribution in [-0.2, 0) is 16.0 Å². The van der Waals surface area contributed by atoms with E-state index in [-0.39, 0.29) is 11.7 Å². The number of nitrogens with zero attached hydrogens (tertiary/aromatic N) is 3. The molecule has 0 saturated carbocycles. The van der Waals surface area contributed by atoms with E-state index in [4.69, 9.17) is 0 Å². The van der Waals surface area contributed by atoms with E-state index < -0.39 is 10.2 Å². The van der Waals surface area contributed by atoms with Crippen LogP contribution in [0.15, 0.2) is 14.2 Å². The molecule has 0 fully saturated rings. The Hall–Kier alpha value is -1.13. The number of nitrogens with one attached hydrogen (secondary N) is 2. The molecule has 0 radical (unpaired) electrons. The molecule has 0 aliphatic carbocycles. The molecule has 0 unspecified atom stereocenters. The third-order valence-corrected chi connectivity index (χ3v) is 5.25. The van der Waals surface area contributed by atoms with Gasteiger partial charge in [0.2, 0.25) is 0 Å². The molecule has 0 amide bonds. The predicted molar refractivity (Wildman–Crippen MR) is 83.9 cm³/mol. The molecule has 0 spiro atoms. The zero-order valence-corrected chi connectivity index (χ0v) is 13.5. The maximum atomic E-state index is 11.2. The monoisotopic (exact) mass is 333 g/mol. The van der Waals surface area contributed by atoms with Gasteiger partial charge in [0.25, 0.3) is 0 Å². The second-order valence-electron chi connectivity index (χ2n) is 3.94. The Kier molecular flexibility index (Phi) is 5.00. The van der Waals surface area contributed by atoms with Crippen molar-refractivity contribution in [2.24, 2.45) is 8.80 Å². The highest BCUT2D eigenvalue weighted by Gasteiger charge is 2.22. The molecule has 0 bridgehead atoms. The molecule has 1 aliphatic rings. The van der Waals surface area contributed by atoms with E-state index in [1.54, 1.807) is 30.1 Å². The maximum Gasteiger partial charge on any atom is 0.367 e. The average Bonchev–Trinajstić information content (AvgIpc) is 2.92. The molecule has 2 N–H and O–H groups in total. The Morgan fingerprint density at radius 3 is 2.75 bits per heavy atom. The van der Waals surface area contributed by atoms with Gasteiger partial charge in [-0.2, -0.15) is 20.2 Å². The molecular formula is C10H15N5O2S3. The third-order valence-electron chi connectivity index (χ3n) is 2.31. The number of likely N-dealkylation sites (N-methyl/N-ethyl adjacent to an activating group) is 1. The van der Waals surface area contributed by atoms with Gasteiger partial charge in [-0.25, -0.2) is 4.98 Å². The van der Waals surface area contributed by atoms with E-state index in [1.165, 1.54) is 0 Å². The lowest BCUT2D eigenvalue weighted by Crippen LogP contribution is -2.37. The van der Waals surface area contributed by atoms with Gasteiger partial charge in [-0.05, 0) is 6.92 Å². The molecule has 7 nitrogen and oxygen atoms in total. The Balaban J connectivity index is 1.73. The predicted octanol–water partition coefficient (Wildman–Crippen LogP) is 0.549. The molecule has 2 heterocycles. The Morgan fingerprint density at radius 2 is 2.10 bits per heavy atom. The van der Waals surface area contributed by atoms with Crippen molar-refractivity contribution < 1.29 is 8.42 Å². The van der Waals surface area contributed by atoms with Gasteiger partial charge in [0.15, 0.2) is 11.7 Å². The van der Waals surface area contributed by atoms with Crippen LogP contribution >= 0.6 is 23.1 Å². The SMILES string of the molecule is CNC1=NS(=O)(=O)N=C1NCCSCc1nc(C)cs1. The maximum absolute atomic E-state index is 11.2. The van der Waals surface area contributed by atoms with E-state index in [9.17, 15) is 8.42 Å². The molecule has 2 rings (SSSR count). The van der Waals surface area contributed by atoms with Gasteiger partial charge < -0.3 is 10.6 Å². The molecule has 0 atom stereocenters. The van der Waals surface area contributed by atoms with Crippen LogP contribution in [0.25, 0.3) is 0 Å². The molecular weight excluding hydrogens is 318 g/mol. The second-order valence-corrected chi connectivity index (χ2v) is 7.25. The summed E-state index contributed by atoms with van der Waals surface area (Å²) in [5.74, 6) is 2.22. The lowest BCUT2D eigenvalue weighted by atomic mass is 10.5. The highest BCUT2D eigenvalue weighted by atomic mass is 32.2. The van der Waals surface area contributed by atoms with Gasteiger partial charge in [0.1, 0.15) is 5.01 Å². The normalized spacial score (nSPS) is 16.7. The fourth-order valence-electron chi connectivity index (χ4n) is 1.49. The van der Waals surface area contributed by atoms with Gasteiger partial charge in [-0.3, -0.25) is 0 Å². The summed E-state index contributed by atoms with van der Waals surface area (Å²) in [4.78, 5) is 4.38. The van der Waals surface area contributed by atoms with Crippen molar-refractivity contribution in [1.82, 2.24) is 15.6 Å². The molecule has 1 aromatic heterocycles. The smallest absolute Gasteiger partial charge is 0.367 e. The van der Waals surface area contributed by atoms with Crippen molar-refractivity contribution in [3.8, 4) is 0 Å². The Morgan fingerprint density at radius 1 is 1.35 bits per heavy atom. The first-order valence-electron chi connectivity index (χ1n) is 5.86. The van der Waals surface area contributed by atoms with Crippen LogP contribution < -0.4 is 10.6 Å². The van der Waals surface area contributed by atoms with Crippen molar-refractivity contribution in [2.75, 3.05) is 19.3 Å². The van der Waals surface area contributed by atoms with E-state index >= 15 is 0 Å². The number of hydrogen-bond donors (Lipinski definition) is 2. The number of aromatic nitrogens is 1. The number of thiazole rings is 1. The largest absolute Gasteiger partial charge is 0.369 e. The summed E-state index contributed by atoms with van der Waals surface area (Å²) in [5, 5.41) is 8.80. The van der Waals surface area contributed by atoms with Crippen LogP contribution in [0.2, 0.25) is 0 Å². The molecule has 1 aromatic rings. The van der Waals surface area contributed by atoms with Crippen molar-refractivity contribution >= 4 is 45.0 Å². The van der Waals surface area contributed by atoms with Gasteiger partial charge in [-0.15, -0.1) is 20.1 Å². The van der Waals surface area contributed by atoms with Crippen LogP contribution in [-0.4, -0.2) is 44.4 Å². The van der Waals surface area contributed by atoms with E-state index in [0.29, 0.717) is 6.54 Å². The summed E-state index contributed by atoms with van der Waals surface area (Å²) in [6.07, 6.45) is 0. The topological polar surface area (TPSA) is 95.8 Å². The lowest BCUT2D eigenvalue weighted by molar-refractivity contribution is 0.600. The zero-order chi connectivity index (χ0) is 14.6. The number of thioether (sulfide) groups is 1. The first-order valence-corrected chi connectivity index (χ1v) is 9.29. The summed E-state index contributed by atoms with van der Waals surface area (Å²) in [6, 6.07) is 0. The first kappa shape index (κ1) is 15.3. The average molecular weight is 333 g/mol. The minimum absolute atomic E-state index is 0.255. The Bertz CT molecular complexity index is 635. The van der Waals surface area contributed by atoms with Gasteiger partial charge >= 0.3 is 10.2 Å². The zero-order valence-electron chi connectivity index (χ0n) is 11.1. The second kappa shape index (κ2) is 6.55. The molecule has 20 heavy (non-hydrogen) atoms. The fourth-order valence-corrected chi connectivity index (χ4v) is 4.03. The van der Waals surface area contributed by atoms with Crippen LogP contribution in [0.3, 0.4) is 0 Å². The molecule has 1 aliphatic heterocycles.